The Kier molecular flexibility index (Phi) is 9.38. The third-order valence-corrected chi connectivity index (χ3v) is 3.91. The van der Waals surface area contributed by atoms with Crippen LogP contribution in [0.1, 0.15) is 77.6 Å². The van der Waals surface area contributed by atoms with Crippen LogP contribution < -0.4 is 0 Å². The van der Waals surface area contributed by atoms with E-state index >= 15 is 0 Å². The number of esters is 1. The first kappa shape index (κ1) is 17.2. The first-order chi connectivity index (χ1) is 9.74. The molecule has 1 heterocycles. The van der Waals surface area contributed by atoms with Gasteiger partial charge in [-0.2, -0.15) is 0 Å². The second-order valence-corrected chi connectivity index (χ2v) is 5.80. The maximum atomic E-state index is 10.9. The standard InChI is InChI=1S/C17H30O3/c1-2-3-4-5-6-7-8-9-10-11-12-15(18)16-13-14-17(19)20-16/h13-16,18H,2-12H2,1H3/t15-,16-/m0/s1. The fraction of sp³-hybridized carbons (Fsp3) is 0.824. The second-order valence-electron chi connectivity index (χ2n) is 5.80. The maximum absolute atomic E-state index is 10.9. The fourth-order valence-corrected chi connectivity index (χ4v) is 2.60. The Labute approximate surface area is 123 Å². The summed E-state index contributed by atoms with van der Waals surface area (Å²) < 4.78 is 4.97. The van der Waals surface area contributed by atoms with Crippen molar-refractivity contribution in [1.82, 2.24) is 0 Å². The zero-order valence-electron chi connectivity index (χ0n) is 12.9. The number of carbonyl (C=O) groups excluding carboxylic acids is 1. The Morgan fingerprint density at radius 1 is 1.05 bits per heavy atom. The van der Waals surface area contributed by atoms with E-state index in [9.17, 15) is 9.90 Å². The summed E-state index contributed by atoms with van der Waals surface area (Å²) in [6.45, 7) is 2.25. The van der Waals surface area contributed by atoms with Gasteiger partial charge in [-0.1, -0.05) is 71.1 Å². The highest BCUT2D eigenvalue weighted by Crippen LogP contribution is 2.16. The third-order valence-electron chi connectivity index (χ3n) is 3.91. The van der Waals surface area contributed by atoms with E-state index in [-0.39, 0.29) is 5.97 Å². The Morgan fingerprint density at radius 3 is 2.10 bits per heavy atom. The Hall–Kier alpha value is -0.830. The summed E-state index contributed by atoms with van der Waals surface area (Å²) >= 11 is 0. The first-order valence-electron chi connectivity index (χ1n) is 8.31. The summed E-state index contributed by atoms with van der Waals surface area (Å²) in [5.74, 6) is -0.336. The summed E-state index contributed by atoms with van der Waals surface area (Å²) in [6.07, 6.45) is 15.7. The number of ether oxygens (including phenoxy) is 1. The van der Waals surface area contributed by atoms with Gasteiger partial charge in [0.25, 0.3) is 0 Å². The number of aliphatic hydroxyl groups is 1. The molecule has 0 saturated carbocycles. The number of carbonyl (C=O) groups is 1. The number of aliphatic hydroxyl groups excluding tert-OH is 1. The normalized spacial score (nSPS) is 19.3. The zero-order chi connectivity index (χ0) is 14.6. The van der Waals surface area contributed by atoms with Gasteiger partial charge in [-0.05, 0) is 12.5 Å². The Bertz CT molecular complexity index is 286. The zero-order valence-corrected chi connectivity index (χ0v) is 12.9. The summed E-state index contributed by atoms with van der Waals surface area (Å²) in [5.41, 5.74) is 0. The number of cyclic esters (lactones) is 1. The van der Waals surface area contributed by atoms with Crippen molar-refractivity contribution in [3.05, 3.63) is 12.2 Å². The highest BCUT2D eigenvalue weighted by molar-refractivity contribution is 5.84. The molecule has 0 radical (unpaired) electrons. The molecule has 0 bridgehead atoms. The third kappa shape index (κ3) is 7.68. The lowest BCUT2D eigenvalue weighted by molar-refractivity contribution is -0.142. The van der Waals surface area contributed by atoms with Crippen LogP contribution in [0.3, 0.4) is 0 Å². The summed E-state index contributed by atoms with van der Waals surface area (Å²) in [4.78, 5) is 10.9. The quantitative estimate of drug-likeness (QED) is 0.432. The van der Waals surface area contributed by atoms with Gasteiger partial charge in [-0.15, -0.1) is 0 Å². The van der Waals surface area contributed by atoms with E-state index in [1.165, 1.54) is 57.4 Å². The SMILES string of the molecule is CCCCCCCCCCCC[C@H](O)[C@@H]1C=CC(=O)O1. The average molecular weight is 282 g/mol. The van der Waals surface area contributed by atoms with Crippen molar-refractivity contribution >= 4 is 5.97 Å². The Morgan fingerprint density at radius 2 is 1.60 bits per heavy atom. The topological polar surface area (TPSA) is 46.5 Å². The molecule has 3 heteroatoms. The maximum Gasteiger partial charge on any atom is 0.331 e. The van der Waals surface area contributed by atoms with E-state index in [1.807, 2.05) is 0 Å². The molecule has 2 atom stereocenters. The average Bonchev–Trinajstić information content (AvgIpc) is 2.87. The molecule has 1 aliphatic heterocycles. The molecular weight excluding hydrogens is 252 g/mol. The smallest absolute Gasteiger partial charge is 0.331 e. The van der Waals surface area contributed by atoms with E-state index in [0.717, 1.165) is 19.3 Å². The van der Waals surface area contributed by atoms with Gasteiger partial charge >= 0.3 is 5.97 Å². The van der Waals surface area contributed by atoms with Crippen LogP contribution in [0.2, 0.25) is 0 Å². The van der Waals surface area contributed by atoms with E-state index < -0.39 is 12.2 Å². The molecule has 3 nitrogen and oxygen atoms in total. The van der Waals surface area contributed by atoms with E-state index in [2.05, 4.69) is 6.92 Å². The van der Waals surface area contributed by atoms with Gasteiger partial charge in [-0.25, -0.2) is 4.79 Å². The predicted molar refractivity (Wildman–Crippen MR) is 81.5 cm³/mol. The molecule has 116 valence electrons. The molecule has 0 saturated heterocycles. The monoisotopic (exact) mass is 282 g/mol. The molecule has 0 unspecified atom stereocenters. The van der Waals surface area contributed by atoms with Crippen LogP contribution >= 0.6 is 0 Å². The lowest BCUT2D eigenvalue weighted by atomic mass is 10.0. The first-order valence-corrected chi connectivity index (χ1v) is 8.31. The van der Waals surface area contributed by atoms with Crippen molar-refractivity contribution in [2.75, 3.05) is 0 Å². The largest absolute Gasteiger partial charge is 0.452 e. The van der Waals surface area contributed by atoms with E-state index in [0.29, 0.717) is 0 Å². The number of unbranched alkanes of at least 4 members (excludes halogenated alkanes) is 9. The van der Waals surface area contributed by atoms with Gasteiger partial charge in [0.2, 0.25) is 0 Å². The van der Waals surface area contributed by atoms with Crippen molar-refractivity contribution in [1.29, 1.82) is 0 Å². The number of rotatable bonds is 12. The van der Waals surface area contributed by atoms with Crippen molar-refractivity contribution in [3.63, 3.8) is 0 Å². The van der Waals surface area contributed by atoms with Gasteiger partial charge in [0, 0.05) is 6.08 Å². The van der Waals surface area contributed by atoms with E-state index in [4.69, 9.17) is 4.74 Å². The number of hydrogen-bond acceptors (Lipinski definition) is 3. The van der Waals surface area contributed by atoms with Crippen LogP contribution in [0.5, 0.6) is 0 Å². The molecule has 20 heavy (non-hydrogen) atoms. The van der Waals surface area contributed by atoms with Crippen molar-refractivity contribution < 1.29 is 14.6 Å². The predicted octanol–water partition coefficient (Wildman–Crippen LogP) is 4.14. The van der Waals surface area contributed by atoms with Gasteiger partial charge in [0.15, 0.2) is 0 Å². The second kappa shape index (κ2) is 10.9. The molecule has 0 amide bonds. The fourth-order valence-electron chi connectivity index (χ4n) is 2.60. The van der Waals surface area contributed by atoms with Gasteiger partial charge in [0.1, 0.15) is 6.10 Å². The summed E-state index contributed by atoms with van der Waals surface area (Å²) in [6, 6.07) is 0. The minimum Gasteiger partial charge on any atom is -0.452 e. The minimum absolute atomic E-state index is 0.336. The molecule has 0 spiro atoms. The molecule has 1 N–H and O–H groups in total. The van der Waals surface area contributed by atoms with Crippen LogP contribution in [-0.2, 0) is 9.53 Å². The number of hydrogen-bond donors (Lipinski definition) is 1. The molecule has 0 aromatic rings. The summed E-state index contributed by atoms with van der Waals surface area (Å²) in [7, 11) is 0. The lowest BCUT2D eigenvalue weighted by Gasteiger charge is -2.15. The van der Waals surface area contributed by atoms with Crippen LogP contribution in [-0.4, -0.2) is 23.3 Å². The van der Waals surface area contributed by atoms with Gasteiger partial charge in [-0.3, -0.25) is 0 Å². The van der Waals surface area contributed by atoms with Crippen LogP contribution in [0.25, 0.3) is 0 Å². The Balaban J connectivity index is 1.85. The molecule has 1 aliphatic rings. The lowest BCUT2D eigenvalue weighted by Crippen LogP contribution is -2.25. The van der Waals surface area contributed by atoms with Crippen molar-refractivity contribution in [2.24, 2.45) is 0 Å². The molecule has 0 aromatic heterocycles. The molecule has 0 aromatic carbocycles. The molecular formula is C17H30O3. The van der Waals surface area contributed by atoms with Crippen molar-refractivity contribution in [2.45, 2.75) is 89.8 Å². The molecule has 0 aliphatic carbocycles. The molecule has 0 fully saturated rings. The molecule has 1 rings (SSSR count). The highest BCUT2D eigenvalue weighted by Gasteiger charge is 2.23. The van der Waals surface area contributed by atoms with Crippen LogP contribution in [0.15, 0.2) is 12.2 Å². The minimum atomic E-state index is -0.535. The van der Waals surface area contributed by atoms with Gasteiger partial charge in [0.05, 0.1) is 6.10 Å². The van der Waals surface area contributed by atoms with Crippen molar-refractivity contribution in [3.8, 4) is 0 Å². The summed E-state index contributed by atoms with van der Waals surface area (Å²) in [5, 5.41) is 9.86. The van der Waals surface area contributed by atoms with Crippen LogP contribution in [0.4, 0.5) is 0 Å². The van der Waals surface area contributed by atoms with Crippen LogP contribution in [0, 0.1) is 0 Å². The van der Waals surface area contributed by atoms with E-state index in [1.54, 1.807) is 6.08 Å². The van der Waals surface area contributed by atoms with Gasteiger partial charge < -0.3 is 9.84 Å². The highest BCUT2D eigenvalue weighted by atomic mass is 16.6.